The van der Waals surface area contributed by atoms with E-state index in [1.54, 1.807) is 0 Å². The fourth-order valence-corrected chi connectivity index (χ4v) is 1.92. The molecule has 0 fully saturated rings. The summed E-state index contributed by atoms with van der Waals surface area (Å²) >= 11 is 0. The van der Waals surface area contributed by atoms with Crippen LogP contribution in [0.25, 0.3) is 17.3 Å². The number of ether oxygens (including phenoxy) is 1. The number of aromatic nitrogens is 1. The minimum Gasteiger partial charge on any atom is -0.504 e. The average molecular weight is 347 g/mol. The van der Waals surface area contributed by atoms with Crippen LogP contribution in [-0.2, 0) is 17.1 Å². The molecule has 1 aromatic heterocycles. The summed E-state index contributed by atoms with van der Waals surface area (Å²) in [7, 11) is 1.33. The number of rotatable bonds is 3. The second kappa shape index (κ2) is 6.54. The standard InChI is InChI=1S/C16H11F6NO/c1-24-7-6-10-8-13(23-14(9-10)16(20,21)22)11-2-4-12(5-3-11)15(17,18)19/h2-9H,1H3/b7-6+. The number of pyridine rings is 1. The van der Waals surface area contributed by atoms with E-state index in [0.29, 0.717) is 0 Å². The average Bonchev–Trinajstić information content (AvgIpc) is 2.51. The first-order chi connectivity index (χ1) is 11.1. The van der Waals surface area contributed by atoms with E-state index in [0.717, 1.165) is 30.3 Å². The predicted molar refractivity (Wildman–Crippen MR) is 75.7 cm³/mol. The highest BCUT2D eigenvalue weighted by atomic mass is 19.4. The maximum atomic E-state index is 12.9. The molecular formula is C16H11F6NO. The largest absolute Gasteiger partial charge is 0.504 e. The Balaban J connectivity index is 2.50. The van der Waals surface area contributed by atoms with Gasteiger partial charge in [-0.3, -0.25) is 0 Å². The summed E-state index contributed by atoms with van der Waals surface area (Å²) in [5, 5.41) is 0. The Kier molecular flexibility index (Phi) is 4.86. The molecule has 0 saturated heterocycles. The van der Waals surface area contributed by atoms with Crippen molar-refractivity contribution in [1.82, 2.24) is 4.98 Å². The van der Waals surface area contributed by atoms with Gasteiger partial charge in [0.15, 0.2) is 0 Å². The quantitative estimate of drug-likeness (QED) is 0.548. The second-order valence-corrected chi connectivity index (χ2v) is 4.78. The molecule has 0 N–H and O–H groups in total. The smallest absolute Gasteiger partial charge is 0.433 e. The van der Waals surface area contributed by atoms with E-state index < -0.39 is 23.6 Å². The van der Waals surface area contributed by atoms with Gasteiger partial charge in [0, 0.05) is 5.56 Å². The summed E-state index contributed by atoms with van der Waals surface area (Å²) in [4.78, 5) is 3.49. The lowest BCUT2D eigenvalue weighted by Crippen LogP contribution is -2.09. The first-order valence-corrected chi connectivity index (χ1v) is 6.57. The summed E-state index contributed by atoms with van der Waals surface area (Å²) in [6.45, 7) is 0. The molecule has 0 spiro atoms. The van der Waals surface area contributed by atoms with E-state index in [4.69, 9.17) is 0 Å². The maximum Gasteiger partial charge on any atom is 0.433 e. The SMILES string of the molecule is CO/C=C/c1cc(-c2ccc(C(F)(F)F)cc2)nc(C(F)(F)F)c1. The van der Waals surface area contributed by atoms with Gasteiger partial charge in [-0.05, 0) is 35.9 Å². The lowest BCUT2D eigenvalue weighted by atomic mass is 10.1. The van der Waals surface area contributed by atoms with Crippen LogP contribution in [0.15, 0.2) is 42.7 Å². The van der Waals surface area contributed by atoms with Gasteiger partial charge in [0.25, 0.3) is 0 Å². The van der Waals surface area contributed by atoms with Crippen molar-refractivity contribution in [1.29, 1.82) is 0 Å². The van der Waals surface area contributed by atoms with Gasteiger partial charge < -0.3 is 4.74 Å². The van der Waals surface area contributed by atoms with E-state index in [9.17, 15) is 26.3 Å². The van der Waals surface area contributed by atoms with Gasteiger partial charge in [-0.15, -0.1) is 0 Å². The lowest BCUT2D eigenvalue weighted by Gasteiger charge is -2.11. The minimum absolute atomic E-state index is 0.0886. The van der Waals surface area contributed by atoms with Crippen LogP contribution in [0.2, 0.25) is 0 Å². The summed E-state index contributed by atoms with van der Waals surface area (Å²) in [5.41, 5.74) is -1.82. The van der Waals surface area contributed by atoms with Crippen LogP contribution in [0.5, 0.6) is 0 Å². The molecule has 0 radical (unpaired) electrons. The molecule has 8 heteroatoms. The molecule has 1 aromatic carbocycles. The Bertz CT molecular complexity index is 732. The van der Waals surface area contributed by atoms with Gasteiger partial charge in [-0.25, -0.2) is 4.98 Å². The minimum atomic E-state index is -4.68. The highest BCUT2D eigenvalue weighted by molar-refractivity contribution is 5.64. The number of alkyl halides is 6. The molecule has 0 amide bonds. The van der Waals surface area contributed by atoms with Gasteiger partial charge in [0.2, 0.25) is 0 Å². The topological polar surface area (TPSA) is 22.1 Å². The van der Waals surface area contributed by atoms with Crippen molar-refractivity contribution in [3.05, 3.63) is 59.5 Å². The number of halogens is 6. The second-order valence-electron chi connectivity index (χ2n) is 4.78. The zero-order valence-electron chi connectivity index (χ0n) is 12.2. The Morgan fingerprint density at radius 1 is 0.917 bits per heavy atom. The molecule has 0 bridgehead atoms. The zero-order chi connectivity index (χ0) is 18.0. The van der Waals surface area contributed by atoms with Gasteiger partial charge in [0.05, 0.1) is 24.6 Å². The molecule has 0 aliphatic carbocycles. The summed E-state index contributed by atoms with van der Waals surface area (Å²) in [6.07, 6.45) is -6.72. The zero-order valence-corrected chi connectivity index (χ0v) is 12.2. The molecule has 128 valence electrons. The summed E-state index contributed by atoms with van der Waals surface area (Å²) in [5.74, 6) is 0. The van der Waals surface area contributed by atoms with Crippen LogP contribution in [-0.4, -0.2) is 12.1 Å². The van der Waals surface area contributed by atoms with Gasteiger partial charge in [0.1, 0.15) is 5.69 Å². The van der Waals surface area contributed by atoms with Crippen LogP contribution in [0.3, 0.4) is 0 Å². The van der Waals surface area contributed by atoms with Crippen LogP contribution in [0.1, 0.15) is 16.8 Å². The molecular weight excluding hydrogens is 336 g/mol. The first kappa shape index (κ1) is 17.8. The van der Waals surface area contributed by atoms with Crippen molar-refractivity contribution in [2.75, 3.05) is 7.11 Å². The summed E-state index contributed by atoms with van der Waals surface area (Å²) < 4.78 is 81.2. The van der Waals surface area contributed by atoms with E-state index in [1.807, 2.05) is 0 Å². The highest BCUT2D eigenvalue weighted by Gasteiger charge is 2.33. The third-order valence-electron chi connectivity index (χ3n) is 3.04. The van der Waals surface area contributed by atoms with Crippen molar-refractivity contribution < 1.29 is 31.1 Å². The van der Waals surface area contributed by atoms with Crippen LogP contribution in [0.4, 0.5) is 26.3 Å². The van der Waals surface area contributed by atoms with Crippen molar-refractivity contribution in [3.63, 3.8) is 0 Å². The van der Waals surface area contributed by atoms with Crippen LogP contribution < -0.4 is 0 Å². The monoisotopic (exact) mass is 347 g/mol. The van der Waals surface area contributed by atoms with E-state index in [1.165, 1.54) is 25.5 Å². The number of nitrogens with zero attached hydrogens (tertiary/aromatic N) is 1. The third-order valence-corrected chi connectivity index (χ3v) is 3.04. The fourth-order valence-electron chi connectivity index (χ4n) is 1.92. The Morgan fingerprint density at radius 2 is 1.54 bits per heavy atom. The van der Waals surface area contributed by atoms with E-state index in [-0.39, 0.29) is 16.8 Å². The van der Waals surface area contributed by atoms with Gasteiger partial charge >= 0.3 is 12.4 Å². The molecule has 0 aliphatic rings. The number of hydrogen-bond donors (Lipinski definition) is 0. The number of methoxy groups -OCH3 is 1. The van der Waals surface area contributed by atoms with E-state index in [2.05, 4.69) is 9.72 Å². The van der Waals surface area contributed by atoms with Crippen molar-refractivity contribution >= 4 is 6.08 Å². The highest BCUT2D eigenvalue weighted by Crippen LogP contribution is 2.33. The van der Waals surface area contributed by atoms with Crippen molar-refractivity contribution in [2.24, 2.45) is 0 Å². The molecule has 2 aromatic rings. The van der Waals surface area contributed by atoms with Crippen molar-refractivity contribution in [2.45, 2.75) is 12.4 Å². The Hall–Kier alpha value is -2.51. The number of hydrogen-bond acceptors (Lipinski definition) is 2. The lowest BCUT2D eigenvalue weighted by molar-refractivity contribution is -0.141. The van der Waals surface area contributed by atoms with Crippen LogP contribution >= 0.6 is 0 Å². The molecule has 1 heterocycles. The van der Waals surface area contributed by atoms with Crippen molar-refractivity contribution in [3.8, 4) is 11.3 Å². The predicted octanol–water partition coefficient (Wildman–Crippen LogP) is 5.40. The van der Waals surface area contributed by atoms with E-state index >= 15 is 0 Å². The van der Waals surface area contributed by atoms with Gasteiger partial charge in [-0.2, -0.15) is 26.3 Å². The third kappa shape index (κ3) is 4.27. The normalized spacial score (nSPS) is 12.6. The molecule has 0 atom stereocenters. The molecule has 0 aliphatic heterocycles. The molecule has 2 nitrogen and oxygen atoms in total. The number of benzene rings is 1. The first-order valence-electron chi connectivity index (χ1n) is 6.57. The summed E-state index contributed by atoms with van der Waals surface area (Å²) in [6, 6.07) is 5.89. The Morgan fingerprint density at radius 3 is 2.04 bits per heavy atom. The maximum absolute atomic E-state index is 12.9. The molecule has 2 rings (SSSR count). The molecule has 24 heavy (non-hydrogen) atoms. The van der Waals surface area contributed by atoms with Crippen LogP contribution in [0, 0.1) is 0 Å². The van der Waals surface area contributed by atoms with Gasteiger partial charge in [-0.1, -0.05) is 12.1 Å². The molecule has 0 unspecified atom stereocenters. The Labute approximate surface area is 133 Å². The molecule has 0 saturated carbocycles. The fraction of sp³-hybridized carbons (Fsp3) is 0.188.